The van der Waals surface area contributed by atoms with Crippen LogP contribution in [-0.2, 0) is 15.0 Å². The predicted octanol–water partition coefficient (Wildman–Crippen LogP) is 1.80. The van der Waals surface area contributed by atoms with Gasteiger partial charge in [0, 0.05) is 38.9 Å². The second-order valence-electron chi connectivity index (χ2n) is 6.22. The highest BCUT2D eigenvalue weighted by Gasteiger charge is 2.52. The standard InChI is InChI=1S/C17H22N2O2/c1-13(20)18-10-8-17(15-6-4-3-5-7-15)9-11-19(14(2)21)16(17)12-18/h3-7,16H,8-12H2,1-2H3/t16-,17-/m1/s1. The Labute approximate surface area is 125 Å². The van der Waals surface area contributed by atoms with Gasteiger partial charge >= 0.3 is 0 Å². The fourth-order valence-electron chi connectivity index (χ4n) is 4.05. The third kappa shape index (κ3) is 2.23. The topological polar surface area (TPSA) is 40.6 Å². The van der Waals surface area contributed by atoms with Gasteiger partial charge in [-0.15, -0.1) is 0 Å². The second kappa shape index (κ2) is 5.17. The van der Waals surface area contributed by atoms with E-state index in [9.17, 15) is 9.59 Å². The molecule has 2 aliphatic rings. The van der Waals surface area contributed by atoms with Crippen LogP contribution in [0.3, 0.4) is 0 Å². The molecule has 0 unspecified atom stereocenters. The van der Waals surface area contributed by atoms with Gasteiger partial charge in [0.05, 0.1) is 6.04 Å². The molecule has 0 radical (unpaired) electrons. The van der Waals surface area contributed by atoms with Crippen LogP contribution in [0.2, 0.25) is 0 Å². The lowest BCUT2D eigenvalue weighted by Crippen LogP contribution is -2.57. The first-order valence-electron chi connectivity index (χ1n) is 7.63. The Morgan fingerprint density at radius 2 is 1.71 bits per heavy atom. The van der Waals surface area contributed by atoms with Gasteiger partial charge in [0.2, 0.25) is 11.8 Å². The quantitative estimate of drug-likeness (QED) is 0.790. The lowest BCUT2D eigenvalue weighted by Gasteiger charge is -2.46. The average molecular weight is 286 g/mol. The molecule has 1 aromatic carbocycles. The van der Waals surface area contributed by atoms with E-state index in [1.807, 2.05) is 15.9 Å². The molecule has 0 spiro atoms. The van der Waals surface area contributed by atoms with Crippen LogP contribution < -0.4 is 0 Å². The summed E-state index contributed by atoms with van der Waals surface area (Å²) in [4.78, 5) is 27.5. The van der Waals surface area contributed by atoms with Gasteiger partial charge in [-0.05, 0) is 18.4 Å². The maximum atomic E-state index is 12.0. The third-order valence-electron chi connectivity index (χ3n) is 5.23. The fourth-order valence-corrected chi connectivity index (χ4v) is 4.05. The Morgan fingerprint density at radius 3 is 2.33 bits per heavy atom. The average Bonchev–Trinajstić information content (AvgIpc) is 2.88. The van der Waals surface area contributed by atoms with E-state index in [1.165, 1.54) is 5.56 Å². The number of carbonyl (C=O) groups excluding carboxylic acids is 2. The molecule has 2 fully saturated rings. The normalized spacial score (nSPS) is 28.4. The van der Waals surface area contributed by atoms with E-state index in [4.69, 9.17) is 0 Å². The Morgan fingerprint density at radius 1 is 1.05 bits per heavy atom. The molecule has 4 nitrogen and oxygen atoms in total. The predicted molar refractivity (Wildman–Crippen MR) is 80.8 cm³/mol. The molecular weight excluding hydrogens is 264 g/mol. The van der Waals surface area contributed by atoms with E-state index in [2.05, 4.69) is 24.3 Å². The molecule has 2 saturated heterocycles. The van der Waals surface area contributed by atoms with Gasteiger partial charge in [0.1, 0.15) is 0 Å². The van der Waals surface area contributed by atoms with Gasteiger partial charge in [-0.3, -0.25) is 9.59 Å². The molecule has 21 heavy (non-hydrogen) atoms. The second-order valence-corrected chi connectivity index (χ2v) is 6.22. The first-order chi connectivity index (χ1) is 10.0. The first kappa shape index (κ1) is 14.1. The molecule has 112 valence electrons. The summed E-state index contributed by atoms with van der Waals surface area (Å²) in [5.74, 6) is 0.218. The van der Waals surface area contributed by atoms with Crippen molar-refractivity contribution < 1.29 is 9.59 Å². The zero-order valence-corrected chi connectivity index (χ0v) is 12.7. The maximum Gasteiger partial charge on any atom is 0.219 e. The van der Waals surface area contributed by atoms with Gasteiger partial charge in [0.25, 0.3) is 0 Å². The minimum Gasteiger partial charge on any atom is -0.341 e. The molecule has 2 aliphatic heterocycles. The Hall–Kier alpha value is -1.84. The van der Waals surface area contributed by atoms with Crippen molar-refractivity contribution in [2.24, 2.45) is 0 Å². The van der Waals surface area contributed by atoms with Crippen molar-refractivity contribution in [3.63, 3.8) is 0 Å². The zero-order valence-electron chi connectivity index (χ0n) is 12.7. The summed E-state index contributed by atoms with van der Waals surface area (Å²) in [7, 11) is 0. The summed E-state index contributed by atoms with van der Waals surface area (Å²) >= 11 is 0. The molecule has 0 aromatic heterocycles. The van der Waals surface area contributed by atoms with Crippen molar-refractivity contribution in [3.05, 3.63) is 35.9 Å². The van der Waals surface area contributed by atoms with Gasteiger partial charge in [-0.25, -0.2) is 0 Å². The van der Waals surface area contributed by atoms with Crippen molar-refractivity contribution in [3.8, 4) is 0 Å². The van der Waals surface area contributed by atoms with E-state index in [-0.39, 0.29) is 23.3 Å². The first-order valence-corrected chi connectivity index (χ1v) is 7.63. The van der Waals surface area contributed by atoms with Crippen LogP contribution >= 0.6 is 0 Å². The number of piperidine rings is 1. The molecule has 0 N–H and O–H groups in total. The summed E-state index contributed by atoms with van der Waals surface area (Å²) in [5, 5.41) is 0. The van der Waals surface area contributed by atoms with Crippen LogP contribution in [0.5, 0.6) is 0 Å². The smallest absolute Gasteiger partial charge is 0.219 e. The number of nitrogens with zero attached hydrogens (tertiary/aromatic N) is 2. The van der Waals surface area contributed by atoms with Crippen LogP contribution in [0.4, 0.5) is 0 Å². The monoisotopic (exact) mass is 286 g/mol. The molecule has 0 aliphatic carbocycles. The van der Waals surface area contributed by atoms with Crippen LogP contribution in [0.1, 0.15) is 32.3 Å². The third-order valence-corrected chi connectivity index (χ3v) is 5.23. The van der Waals surface area contributed by atoms with Crippen LogP contribution in [0, 0.1) is 0 Å². The molecular formula is C17H22N2O2. The van der Waals surface area contributed by atoms with Gasteiger partial charge in [-0.2, -0.15) is 0 Å². The van der Waals surface area contributed by atoms with Crippen LogP contribution in [-0.4, -0.2) is 47.3 Å². The minimum absolute atomic E-state index is 0.0128. The summed E-state index contributed by atoms with van der Waals surface area (Å²) in [6.45, 7) is 5.48. The Balaban J connectivity index is 1.99. The number of rotatable bonds is 1. The highest BCUT2D eigenvalue weighted by Crippen LogP contribution is 2.45. The highest BCUT2D eigenvalue weighted by atomic mass is 16.2. The van der Waals surface area contributed by atoms with E-state index in [0.717, 1.165) is 25.9 Å². The van der Waals surface area contributed by atoms with Gasteiger partial charge in [0.15, 0.2) is 0 Å². The number of amides is 2. The summed E-state index contributed by atoms with van der Waals surface area (Å²) < 4.78 is 0. The number of benzene rings is 1. The van der Waals surface area contributed by atoms with Crippen molar-refractivity contribution in [1.82, 2.24) is 9.80 Å². The fraction of sp³-hybridized carbons (Fsp3) is 0.529. The molecule has 2 amide bonds. The number of likely N-dealkylation sites (tertiary alicyclic amines) is 2. The molecule has 2 atom stereocenters. The SMILES string of the molecule is CC(=O)N1CC[C@]2(c3ccccc3)CCN(C(C)=O)[C@@H]2C1. The largest absolute Gasteiger partial charge is 0.341 e. The molecule has 4 heteroatoms. The minimum atomic E-state index is 0.0128. The summed E-state index contributed by atoms with van der Waals surface area (Å²) in [5.41, 5.74) is 1.32. The van der Waals surface area contributed by atoms with Crippen molar-refractivity contribution in [1.29, 1.82) is 0 Å². The van der Waals surface area contributed by atoms with Crippen LogP contribution in [0.15, 0.2) is 30.3 Å². The number of carbonyl (C=O) groups is 2. The highest BCUT2D eigenvalue weighted by molar-refractivity contribution is 5.76. The molecule has 0 saturated carbocycles. The van der Waals surface area contributed by atoms with E-state index >= 15 is 0 Å². The molecule has 2 heterocycles. The van der Waals surface area contributed by atoms with Gasteiger partial charge < -0.3 is 9.80 Å². The van der Waals surface area contributed by atoms with Crippen LogP contribution in [0.25, 0.3) is 0 Å². The number of hydrogen-bond donors (Lipinski definition) is 0. The Bertz CT molecular complexity index is 557. The molecule has 3 rings (SSSR count). The Kier molecular flexibility index (Phi) is 3.47. The van der Waals surface area contributed by atoms with Crippen molar-refractivity contribution in [2.75, 3.05) is 19.6 Å². The lowest BCUT2D eigenvalue weighted by molar-refractivity contribution is -0.136. The molecule has 0 bridgehead atoms. The maximum absolute atomic E-state index is 12.0. The van der Waals surface area contributed by atoms with Crippen molar-refractivity contribution >= 4 is 11.8 Å². The summed E-state index contributed by atoms with van der Waals surface area (Å²) in [6.07, 6.45) is 1.93. The van der Waals surface area contributed by atoms with E-state index in [0.29, 0.717) is 6.54 Å². The van der Waals surface area contributed by atoms with E-state index < -0.39 is 0 Å². The summed E-state index contributed by atoms with van der Waals surface area (Å²) in [6, 6.07) is 10.6. The lowest BCUT2D eigenvalue weighted by atomic mass is 9.69. The van der Waals surface area contributed by atoms with Crippen molar-refractivity contribution in [2.45, 2.75) is 38.1 Å². The number of hydrogen-bond acceptors (Lipinski definition) is 2. The van der Waals surface area contributed by atoms with Gasteiger partial charge in [-0.1, -0.05) is 30.3 Å². The molecule has 1 aromatic rings. The van der Waals surface area contributed by atoms with E-state index in [1.54, 1.807) is 13.8 Å². The zero-order chi connectivity index (χ0) is 15.0. The number of fused-ring (bicyclic) bond motifs is 1.